The molecule has 1 aromatic heterocycles. The number of pyridine rings is 1. The van der Waals surface area contributed by atoms with Crippen molar-refractivity contribution < 1.29 is 14.8 Å². The number of carbonyl (C=O) groups excluding carboxylic acids is 2. The van der Waals surface area contributed by atoms with Gasteiger partial charge < -0.3 is 10.2 Å². The minimum atomic E-state index is -0.581. The van der Waals surface area contributed by atoms with Crippen LogP contribution in [0.2, 0.25) is 0 Å². The van der Waals surface area contributed by atoms with Crippen LogP contribution in [0.3, 0.4) is 0 Å². The van der Waals surface area contributed by atoms with Gasteiger partial charge in [0, 0.05) is 37.3 Å². The maximum absolute atomic E-state index is 12.8. The van der Waals surface area contributed by atoms with Crippen LogP contribution in [0.25, 0.3) is 6.08 Å². The Bertz CT molecular complexity index is 675. The van der Waals surface area contributed by atoms with Crippen LogP contribution in [0, 0.1) is 5.92 Å². The van der Waals surface area contributed by atoms with Crippen molar-refractivity contribution in [1.82, 2.24) is 15.4 Å². The van der Waals surface area contributed by atoms with Crippen molar-refractivity contribution in [2.75, 3.05) is 18.4 Å². The molecule has 2 amide bonds. The van der Waals surface area contributed by atoms with Crippen LogP contribution in [-0.4, -0.2) is 46.0 Å². The number of hydrogen-bond donors (Lipinski definition) is 3. The minimum Gasteiger partial charge on any atom is -0.366 e. The summed E-state index contributed by atoms with van der Waals surface area (Å²) in [6, 6.07) is 3.92. The molecular weight excluding hydrogens is 380 g/mol. The first-order valence-corrected chi connectivity index (χ1v) is 9.79. The molecule has 1 saturated heterocycles. The van der Waals surface area contributed by atoms with E-state index in [0.717, 1.165) is 50.2 Å². The molecule has 2 heterocycles. The van der Waals surface area contributed by atoms with E-state index in [9.17, 15) is 9.59 Å². The zero-order chi connectivity index (χ0) is 19.1. The van der Waals surface area contributed by atoms with E-state index in [1.165, 1.54) is 25.3 Å². The number of nitrogens with one attached hydrogen (secondary N) is 2. The summed E-state index contributed by atoms with van der Waals surface area (Å²) in [6.07, 6.45) is 12.2. The fourth-order valence-electron chi connectivity index (χ4n) is 3.91. The lowest BCUT2D eigenvalue weighted by Crippen LogP contribution is -2.47. The lowest BCUT2D eigenvalue weighted by atomic mass is 9.87. The molecule has 0 unspecified atom stereocenters. The lowest BCUT2D eigenvalue weighted by Gasteiger charge is -2.36. The molecule has 1 saturated carbocycles. The average Bonchev–Trinajstić information content (AvgIpc) is 2.73. The van der Waals surface area contributed by atoms with Crippen LogP contribution in [-0.2, 0) is 9.59 Å². The Morgan fingerprint density at radius 3 is 2.61 bits per heavy atom. The first kappa shape index (κ1) is 22.2. The lowest BCUT2D eigenvalue weighted by molar-refractivity contribution is -0.137. The normalized spacial score (nSPS) is 20.5. The zero-order valence-corrected chi connectivity index (χ0v) is 16.8. The molecule has 0 spiro atoms. The quantitative estimate of drug-likeness (QED) is 0.395. The van der Waals surface area contributed by atoms with E-state index < -0.39 is 5.91 Å². The summed E-state index contributed by atoms with van der Waals surface area (Å²) >= 11 is 0. The van der Waals surface area contributed by atoms with E-state index in [1.807, 2.05) is 17.0 Å². The van der Waals surface area contributed by atoms with E-state index in [4.69, 9.17) is 5.21 Å². The van der Waals surface area contributed by atoms with Gasteiger partial charge in [0.15, 0.2) is 0 Å². The van der Waals surface area contributed by atoms with Crippen LogP contribution < -0.4 is 10.8 Å². The number of aromatic nitrogens is 1. The zero-order valence-electron chi connectivity index (χ0n) is 16.0. The molecule has 2 fully saturated rings. The highest BCUT2D eigenvalue weighted by Crippen LogP contribution is 2.27. The van der Waals surface area contributed by atoms with Crippen molar-refractivity contribution in [3.8, 4) is 0 Å². The van der Waals surface area contributed by atoms with Gasteiger partial charge in [0.1, 0.15) is 5.82 Å². The number of hydrogen-bond acceptors (Lipinski definition) is 5. The van der Waals surface area contributed by atoms with Gasteiger partial charge in [-0.05, 0) is 49.5 Å². The largest absolute Gasteiger partial charge is 0.366 e. The number of carbonyl (C=O) groups is 2. The van der Waals surface area contributed by atoms with Crippen molar-refractivity contribution in [1.29, 1.82) is 0 Å². The third-order valence-electron chi connectivity index (χ3n) is 5.36. The molecule has 154 valence electrons. The first-order valence-electron chi connectivity index (χ1n) is 9.79. The Hall–Kier alpha value is -2.12. The van der Waals surface area contributed by atoms with Crippen molar-refractivity contribution in [2.24, 2.45) is 5.92 Å². The van der Waals surface area contributed by atoms with Crippen molar-refractivity contribution in [2.45, 2.75) is 51.0 Å². The van der Waals surface area contributed by atoms with Crippen LogP contribution in [0.5, 0.6) is 0 Å². The van der Waals surface area contributed by atoms with Gasteiger partial charge in [-0.1, -0.05) is 19.3 Å². The molecule has 3 N–H and O–H groups in total. The second-order valence-corrected chi connectivity index (χ2v) is 7.39. The Kier molecular flexibility index (Phi) is 8.73. The van der Waals surface area contributed by atoms with Gasteiger partial charge in [-0.2, -0.15) is 0 Å². The summed E-state index contributed by atoms with van der Waals surface area (Å²) in [4.78, 5) is 30.2. The molecule has 1 aliphatic carbocycles. The molecule has 28 heavy (non-hydrogen) atoms. The van der Waals surface area contributed by atoms with Gasteiger partial charge in [-0.15, -0.1) is 12.4 Å². The van der Waals surface area contributed by atoms with E-state index in [2.05, 4.69) is 10.3 Å². The van der Waals surface area contributed by atoms with Crippen LogP contribution in [0.15, 0.2) is 24.4 Å². The maximum atomic E-state index is 12.8. The third-order valence-corrected chi connectivity index (χ3v) is 5.36. The van der Waals surface area contributed by atoms with Gasteiger partial charge in [-0.25, -0.2) is 10.5 Å². The number of hydroxylamine groups is 1. The molecule has 3 rings (SSSR count). The first-order chi connectivity index (χ1) is 13.2. The molecule has 7 nitrogen and oxygen atoms in total. The van der Waals surface area contributed by atoms with Crippen molar-refractivity contribution in [3.63, 3.8) is 0 Å². The van der Waals surface area contributed by atoms with Crippen LogP contribution >= 0.6 is 12.4 Å². The SMILES string of the molecule is Cl.O=C(/C=C/c1ccc(N[C@@H]2CCCN(C(=O)C3CCCCC3)C2)nc1)NO. The molecule has 1 aromatic rings. The number of rotatable bonds is 5. The van der Waals surface area contributed by atoms with E-state index >= 15 is 0 Å². The standard InChI is InChI=1S/C20H28N4O3.ClH/c25-19(23-27)11-9-15-8-10-18(21-13-15)22-17-7-4-12-24(14-17)20(26)16-5-2-1-3-6-16;/h8-11,13,16-17,27H,1-7,12,14H2,(H,21,22)(H,23,25);1H/b11-9+;/t17-;/m1./s1. The van der Waals surface area contributed by atoms with Gasteiger partial charge in [-0.3, -0.25) is 14.8 Å². The Morgan fingerprint density at radius 2 is 1.93 bits per heavy atom. The monoisotopic (exact) mass is 408 g/mol. The Labute approximate surface area is 172 Å². The molecule has 0 bridgehead atoms. The summed E-state index contributed by atoms with van der Waals surface area (Å²) in [6.45, 7) is 1.59. The molecule has 1 atom stereocenters. The fourth-order valence-corrected chi connectivity index (χ4v) is 3.91. The van der Waals surface area contributed by atoms with E-state index in [0.29, 0.717) is 5.91 Å². The number of anilines is 1. The second-order valence-electron chi connectivity index (χ2n) is 7.39. The smallest absolute Gasteiger partial charge is 0.267 e. The van der Waals surface area contributed by atoms with E-state index in [1.54, 1.807) is 17.8 Å². The number of piperidine rings is 1. The molecule has 0 aromatic carbocycles. The third kappa shape index (κ3) is 6.21. The highest BCUT2D eigenvalue weighted by Gasteiger charge is 2.29. The Balaban J connectivity index is 0.00000280. The molecule has 8 heteroatoms. The fraction of sp³-hybridized carbons (Fsp3) is 0.550. The molecule has 2 aliphatic rings. The summed E-state index contributed by atoms with van der Waals surface area (Å²) in [5, 5.41) is 11.9. The minimum absolute atomic E-state index is 0. The van der Waals surface area contributed by atoms with Gasteiger partial charge in [0.25, 0.3) is 5.91 Å². The number of halogens is 1. The summed E-state index contributed by atoms with van der Waals surface area (Å²) in [5.41, 5.74) is 2.31. The van der Waals surface area contributed by atoms with Gasteiger partial charge in [0.2, 0.25) is 5.91 Å². The van der Waals surface area contributed by atoms with Gasteiger partial charge >= 0.3 is 0 Å². The summed E-state index contributed by atoms with van der Waals surface area (Å²) in [5.74, 6) is 0.729. The van der Waals surface area contributed by atoms with Crippen LogP contribution in [0.4, 0.5) is 5.82 Å². The molecular formula is C20H29ClN4O3. The Morgan fingerprint density at radius 1 is 1.14 bits per heavy atom. The van der Waals surface area contributed by atoms with Crippen LogP contribution in [0.1, 0.15) is 50.5 Å². The number of amides is 2. The number of nitrogens with zero attached hydrogens (tertiary/aromatic N) is 2. The molecule has 1 aliphatic heterocycles. The highest BCUT2D eigenvalue weighted by molar-refractivity contribution is 5.90. The highest BCUT2D eigenvalue weighted by atomic mass is 35.5. The van der Waals surface area contributed by atoms with Gasteiger partial charge in [0.05, 0.1) is 0 Å². The molecule has 0 radical (unpaired) electrons. The van der Waals surface area contributed by atoms with Crippen molar-refractivity contribution >= 4 is 36.1 Å². The predicted molar refractivity (Wildman–Crippen MR) is 110 cm³/mol. The topological polar surface area (TPSA) is 94.6 Å². The predicted octanol–water partition coefficient (Wildman–Crippen LogP) is 3.01. The van der Waals surface area contributed by atoms with E-state index in [-0.39, 0.29) is 24.4 Å². The maximum Gasteiger partial charge on any atom is 0.267 e. The summed E-state index contributed by atoms with van der Waals surface area (Å²) < 4.78 is 0. The average molecular weight is 409 g/mol. The van der Waals surface area contributed by atoms with Crippen molar-refractivity contribution in [3.05, 3.63) is 30.0 Å². The summed E-state index contributed by atoms with van der Waals surface area (Å²) in [7, 11) is 0. The second kappa shape index (κ2) is 11.0. The number of likely N-dealkylation sites (tertiary alicyclic amines) is 1.